The molecule has 4 rings (SSSR count). The maximum absolute atomic E-state index is 12.4. The number of anilines is 2. The van der Waals surface area contributed by atoms with Gasteiger partial charge in [-0.1, -0.05) is 0 Å². The standard InChI is InChI=1S/C17H24N6O3S/c1-21-6-8-22(9-7-21)12-16(24)18-17-14-11-13(3-4-15(14)19-20-17)23-5-2-10-27(23,25)26/h3-4,11H,2,5-10,12H2,1H3,(H2,18,19,20,24). The lowest BCUT2D eigenvalue weighted by Crippen LogP contribution is -2.47. The van der Waals surface area contributed by atoms with Crippen molar-refractivity contribution < 1.29 is 13.2 Å². The first-order valence-electron chi connectivity index (χ1n) is 9.12. The van der Waals surface area contributed by atoms with Crippen molar-refractivity contribution in [3.63, 3.8) is 0 Å². The number of carbonyl (C=O) groups excluding carboxylic acids is 1. The van der Waals surface area contributed by atoms with Crippen molar-refractivity contribution in [2.45, 2.75) is 6.42 Å². The minimum absolute atomic E-state index is 0.118. The highest BCUT2D eigenvalue weighted by molar-refractivity contribution is 7.93. The van der Waals surface area contributed by atoms with Gasteiger partial charge >= 0.3 is 0 Å². The summed E-state index contributed by atoms with van der Waals surface area (Å²) < 4.78 is 25.8. The molecule has 3 heterocycles. The number of sulfonamides is 1. The molecule has 0 unspecified atom stereocenters. The van der Waals surface area contributed by atoms with Crippen LogP contribution in [0.2, 0.25) is 0 Å². The highest BCUT2D eigenvalue weighted by Crippen LogP contribution is 2.30. The molecule has 27 heavy (non-hydrogen) atoms. The number of hydrogen-bond donors (Lipinski definition) is 2. The molecule has 2 saturated heterocycles. The van der Waals surface area contributed by atoms with Gasteiger partial charge in [-0.2, -0.15) is 5.10 Å². The number of aromatic nitrogens is 2. The number of H-pyrrole nitrogens is 1. The van der Waals surface area contributed by atoms with Gasteiger partial charge in [-0.3, -0.25) is 19.1 Å². The third kappa shape index (κ3) is 3.78. The van der Waals surface area contributed by atoms with Crippen LogP contribution in [0, 0.1) is 0 Å². The van der Waals surface area contributed by atoms with E-state index >= 15 is 0 Å². The maximum Gasteiger partial charge on any atom is 0.239 e. The molecule has 0 bridgehead atoms. The second-order valence-corrected chi connectivity index (χ2v) is 9.18. The molecular weight excluding hydrogens is 368 g/mol. The predicted molar refractivity (Wildman–Crippen MR) is 104 cm³/mol. The molecule has 0 radical (unpaired) electrons. The van der Waals surface area contributed by atoms with E-state index in [1.165, 1.54) is 4.31 Å². The minimum Gasteiger partial charge on any atom is -0.308 e. The fraction of sp³-hybridized carbons (Fsp3) is 0.529. The molecule has 2 N–H and O–H groups in total. The highest BCUT2D eigenvalue weighted by atomic mass is 32.2. The molecule has 1 aromatic heterocycles. The molecule has 2 aliphatic heterocycles. The van der Waals surface area contributed by atoms with Crippen LogP contribution in [0.15, 0.2) is 18.2 Å². The van der Waals surface area contributed by atoms with Crippen LogP contribution in [0.5, 0.6) is 0 Å². The number of likely N-dealkylation sites (N-methyl/N-ethyl adjacent to an activating group) is 1. The number of benzene rings is 1. The van der Waals surface area contributed by atoms with Gasteiger partial charge in [-0.05, 0) is 31.7 Å². The lowest BCUT2D eigenvalue weighted by atomic mass is 10.2. The first kappa shape index (κ1) is 18.2. The lowest BCUT2D eigenvalue weighted by molar-refractivity contribution is -0.117. The maximum atomic E-state index is 12.4. The van der Waals surface area contributed by atoms with Gasteiger partial charge in [0.05, 0.1) is 23.5 Å². The summed E-state index contributed by atoms with van der Waals surface area (Å²) in [5, 5.41) is 10.6. The Morgan fingerprint density at radius 2 is 2.00 bits per heavy atom. The second kappa shape index (κ2) is 7.10. The fourth-order valence-electron chi connectivity index (χ4n) is 3.56. The third-order valence-electron chi connectivity index (χ3n) is 5.15. The monoisotopic (exact) mass is 392 g/mol. The van der Waals surface area contributed by atoms with Crippen molar-refractivity contribution in [2.24, 2.45) is 0 Å². The average Bonchev–Trinajstić information content (AvgIpc) is 3.19. The van der Waals surface area contributed by atoms with Gasteiger partial charge in [-0.25, -0.2) is 8.42 Å². The Kier molecular flexibility index (Phi) is 4.79. The van der Waals surface area contributed by atoms with E-state index in [2.05, 4.69) is 32.4 Å². The Morgan fingerprint density at radius 3 is 2.70 bits per heavy atom. The first-order valence-corrected chi connectivity index (χ1v) is 10.7. The van der Waals surface area contributed by atoms with E-state index in [-0.39, 0.29) is 11.7 Å². The van der Waals surface area contributed by atoms with E-state index in [9.17, 15) is 13.2 Å². The number of nitrogens with one attached hydrogen (secondary N) is 2. The molecule has 146 valence electrons. The number of amides is 1. The topological polar surface area (TPSA) is 102 Å². The quantitative estimate of drug-likeness (QED) is 0.776. The Hall–Kier alpha value is -2.17. The van der Waals surface area contributed by atoms with E-state index in [1.807, 2.05) is 0 Å². The van der Waals surface area contributed by atoms with Crippen LogP contribution >= 0.6 is 0 Å². The van der Waals surface area contributed by atoms with Gasteiger partial charge in [0.1, 0.15) is 0 Å². The van der Waals surface area contributed by atoms with E-state index in [4.69, 9.17) is 0 Å². The molecule has 2 fully saturated rings. The van der Waals surface area contributed by atoms with E-state index in [0.29, 0.717) is 36.4 Å². The Morgan fingerprint density at radius 1 is 1.22 bits per heavy atom. The van der Waals surface area contributed by atoms with Gasteiger partial charge in [-0.15, -0.1) is 0 Å². The van der Waals surface area contributed by atoms with Crippen LogP contribution in [0.25, 0.3) is 10.9 Å². The summed E-state index contributed by atoms with van der Waals surface area (Å²) >= 11 is 0. The van der Waals surface area contributed by atoms with Crippen LogP contribution < -0.4 is 9.62 Å². The van der Waals surface area contributed by atoms with Gasteiger partial charge < -0.3 is 10.2 Å². The number of fused-ring (bicyclic) bond motifs is 1. The summed E-state index contributed by atoms with van der Waals surface area (Å²) in [7, 11) is -1.17. The number of carbonyl (C=O) groups is 1. The summed E-state index contributed by atoms with van der Waals surface area (Å²) in [5.74, 6) is 0.486. The summed E-state index contributed by atoms with van der Waals surface area (Å²) in [6.07, 6.45) is 0.625. The summed E-state index contributed by atoms with van der Waals surface area (Å²) in [6.45, 7) is 4.43. The van der Waals surface area contributed by atoms with Crippen molar-refractivity contribution in [2.75, 3.05) is 61.7 Å². The smallest absolute Gasteiger partial charge is 0.239 e. The molecule has 0 atom stereocenters. The normalized spacial score (nSPS) is 21.0. The number of aromatic amines is 1. The molecule has 10 heteroatoms. The molecule has 1 aromatic carbocycles. The van der Waals surface area contributed by atoms with Crippen molar-refractivity contribution in [1.29, 1.82) is 0 Å². The van der Waals surface area contributed by atoms with Crippen LogP contribution in [0.4, 0.5) is 11.5 Å². The molecular formula is C17H24N6O3S. The number of piperazine rings is 1. The van der Waals surface area contributed by atoms with Gasteiger partial charge in [0, 0.05) is 38.1 Å². The van der Waals surface area contributed by atoms with Gasteiger partial charge in [0.2, 0.25) is 15.9 Å². The van der Waals surface area contributed by atoms with Crippen molar-refractivity contribution in [3.05, 3.63) is 18.2 Å². The second-order valence-electron chi connectivity index (χ2n) is 7.17. The molecule has 9 nitrogen and oxygen atoms in total. The zero-order valence-electron chi connectivity index (χ0n) is 15.3. The number of hydrogen-bond acceptors (Lipinski definition) is 6. The molecule has 1 amide bonds. The molecule has 2 aromatic rings. The van der Waals surface area contributed by atoms with E-state index in [0.717, 1.165) is 31.7 Å². The summed E-state index contributed by atoms with van der Waals surface area (Å²) in [5.41, 5.74) is 1.36. The van der Waals surface area contributed by atoms with Crippen molar-refractivity contribution in [3.8, 4) is 0 Å². The SMILES string of the molecule is CN1CCN(CC(=O)Nc2n[nH]c3ccc(N4CCCS4(=O)=O)cc23)CC1. The van der Waals surface area contributed by atoms with E-state index < -0.39 is 10.0 Å². The molecule has 2 aliphatic rings. The Balaban J connectivity index is 1.50. The zero-order valence-corrected chi connectivity index (χ0v) is 16.1. The zero-order chi connectivity index (χ0) is 19.0. The first-order chi connectivity index (χ1) is 12.9. The minimum atomic E-state index is -3.25. The van der Waals surface area contributed by atoms with Crippen LogP contribution in [0.3, 0.4) is 0 Å². The van der Waals surface area contributed by atoms with E-state index in [1.54, 1.807) is 18.2 Å². The van der Waals surface area contributed by atoms with Gasteiger partial charge in [0.25, 0.3) is 0 Å². The van der Waals surface area contributed by atoms with Crippen LogP contribution in [-0.2, 0) is 14.8 Å². The molecule has 0 spiro atoms. The fourth-order valence-corrected chi connectivity index (χ4v) is 5.12. The molecule has 0 aliphatic carbocycles. The highest BCUT2D eigenvalue weighted by Gasteiger charge is 2.29. The third-order valence-corrected chi connectivity index (χ3v) is 7.02. The van der Waals surface area contributed by atoms with Crippen molar-refractivity contribution in [1.82, 2.24) is 20.0 Å². The van der Waals surface area contributed by atoms with Crippen LogP contribution in [-0.4, -0.2) is 86.4 Å². The Bertz CT molecular complexity index is 949. The summed E-state index contributed by atoms with van der Waals surface area (Å²) in [6, 6.07) is 5.33. The van der Waals surface area contributed by atoms with Crippen LogP contribution in [0.1, 0.15) is 6.42 Å². The lowest BCUT2D eigenvalue weighted by Gasteiger charge is -2.31. The van der Waals surface area contributed by atoms with Gasteiger partial charge in [0.15, 0.2) is 5.82 Å². The predicted octanol–water partition coefficient (Wildman–Crippen LogP) is 0.289. The van der Waals surface area contributed by atoms with Crippen molar-refractivity contribution >= 4 is 38.3 Å². The number of nitrogens with zero attached hydrogens (tertiary/aromatic N) is 4. The Labute approximate surface area is 158 Å². The number of rotatable bonds is 4. The average molecular weight is 392 g/mol. The summed E-state index contributed by atoms with van der Waals surface area (Å²) in [4.78, 5) is 16.8. The molecule has 0 saturated carbocycles. The largest absolute Gasteiger partial charge is 0.308 e.